The topological polar surface area (TPSA) is 26.3 Å². The maximum Gasteiger partial charge on any atom is 0.673 e. The first-order valence-electron chi connectivity index (χ1n) is 7.93. The average molecular weight is 386 g/mol. The number of ether oxygens (including phenoxy) is 1. The summed E-state index contributed by atoms with van der Waals surface area (Å²) in [6, 6.07) is 18.0. The molecule has 3 atom stereocenters. The van der Waals surface area contributed by atoms with Crippen molar-refractivity contribution in [2.45, 2.75) is 11.0 Å². The smallest absolute Gasteiger partial charge is 0.418 e. The summed E-state index contributed by atoms with van der Waals surface area (Å²) in [6.07, 6.45) is 2.05. The van der Waals surface area contributed by atoms with E-state index in [0.29, 0.717) is 0 Å². The Hall–Kier alpha value is -1.80. The Bertz CT molecular complexity index is 733. The van der Waals surface area contributed by atoms with E-state index in [9.17, 15) is 22.1 Å². The monoisotopic (exact) mass is 386 g/mol. The summed E-state index contributed by atoms with van der Waals surface area (Å²) in [7, 11) is -4.22. The normalized spacial score (nSPS) is 20.6. The quantitative estimate of drug-likeness (QED) is 0.431. The predicted molar refractivity (Wildman–Crippen MR) is 97.1 cm³/mol. The standard InChI is InChI=1S/C18H19O2S.BF4/c1-20-18(13-8-4-3-5-9-13)15-12-21(2)16-11-7-6-10-14(16)17(15)19;2-1(3,4)5/h3-11,15,18H,12H2,1-2H3;/q+1;-1/t15-,18+,21?;/m0./s1. The Kier molecular flexibility index (Phi) is 6.89. The highest BCUT2D eigenvalue weighted by atomic mass is 32.2. The Morgan fingerprint density at radius 3 is 2.15 bits per heavy atom. The number of Topliss-reactive ketones (excluding diaryl/α,β-unsaturated/α-hetero) is 1. The molecule has 140 valence electrons. The summed E-state index contributed by atoms with van der Waals surface area (Å²) in [6.45, 7) is 0. The van der Waals surface area contributed by atoms with E-state index in [2.05, 4.69) is 12.3 Å². The Balaban J connectivity index is 0.000000431. The van der Waals surface area contributed by atoms with E-state index in [4.69, 9.17) is 4.74 Å². The molecule has 0 amide bonds. The van der Waals surface area contributed by atoms with Gasteiger partial charge in [0.05, 0.1) is 17.6 Å². The number of carbonyl (C=O) groups excluding carboxylic acids is 1. The molecule has 0 radical (unpaired) electrons. The van der Waals surface area contributed by atoms with Crippen molar-refractivity contribution in [1.82, 2.24) is 0 Å². The second-order valence-corrected chi connectivity index (χ2v) is 7.88. The summed E-state index contributed by atoms with van der Waals surface area (Å²) in [4.78, 5) is 14.1. The van der Waals surface area contributed by atoms with Gasteiger partial charge in [0, 0.05) is 18.0 Å². The van der Waals surface area contributed by atoms with Crippen LogP contribution in [0.1, 0.15) is 22.0 Å². The zero-order valence-electron chi connectivity index (χ0n) is 14.4. The van der Waals surface area contributed by atoms with E-state index >= 15 is 0 Å². The fraction of sp³-hybridized carbons (Fsp3) is 0.278. The molecule has 0 fully saturated rings. The number of ketones is 1. The van der Waals surface area contributed by atoms with Crippen LogP contribution in [0.5, 0.6) is 0 Å². The highest BCUT2D eigenvalue weighted by Gasteiger charge is 2.42. The van der Waals surface area contributed by atoms with Crippen molar-refractivity contribution < 1.29 is 26.8 Å². The number of carbonyl (C=O) groups is 1. The third-order valence-electron chi connectivity index (χ3n) is 4.04. The van der Waals surface area contributed by atoms with Crippen molar-refractivity contribution in [3.05, 3.63) is 65.7 Å². The minimum absolute atomic E-state index is 0.0873. The molecule has 0 aromatic heterocycles. The Morgan fingerprint density at radius 2 is 1.58 bits per heavy atom. The molecule has 0 saturated heterocycles. The lowest BCUT2D eigenvalue weighted by atomic mass is 9.89. The van der Waals surface area contributed by atoms with E-state index in [-0.39, 0.29) is 28.7 Å². The first-order valence-corrected chi connectivity index (χ1v) is 9.73. The number of rotatable bonds is 3. The number of halogens is 4. The molecule has 26 heavy (non-hydrogen) atoms. The molecule has 0 N–H and O–H groups in total. The van der Waals surface area contributed by atoms with Crippen LogP contribution in [-0.2, 0) is 15.6 Å². The summed E-state index contributed by atoms with van der Waals surface area (Å²) in [5.74, 6) is 0.982. The van der Waals surface area contributed by atoms with Gasteiger partial charge in [0.1, 0.15) is 12.0 Å². The van der Waals surface area contributed by atoms with Gasteiger partial charge in [-0.25, -0.2) is 0 Å². The van der Waals surface area contributed by atoms with Crippen LogP contribution < -0.4 is 0 Å². The van der Waals surface area contributed by atoms with Crippen molar-refractivity contribution in [2.75, 3.05) is 19.1 Å². The van der Waals surface area contributed by atoms with Gasteiger partial charge in [0.15, 0.2) is 10.7 Å². The lowest BCUT2D eigenvalue weighted by molar-refractivity contribution is 0.0482. The SMILES string of the molecule is CO[C@H](c1ccccc1)[C@H]1C[S+](C)c2ccccc2C1=O.F[B-](F)(F)F. The van der Waals surface area contributed by atoms with Gasteiger partial charge in [0.2, 0.25) is 0 Å². The number of hydrogen-bond acceptors (Lipinski definition) is 2. The lowest BCUT2D eigenvalue weighted by Gasteiger charge is -2.28. The van der Waals surface area contributed by atoms with Crippen LogP contribution in [-0.4, -0.2) is 32.2 Å². The highest BCUT2D eigenvalue weighted by molar-refractivity contribution is 7.96. The number of fused-ring (bicyclic) bond motifs is 1. The fourth-order valence-electron chi connectivity index (χ4n) is 3.01. The van der Waals surface area contributed by atoms with E-state index in [1.165, 1.54) is 4.90 Å². The third-order valence-corrected chi connectivity index (χ3v) is 6.01. The molecule has 1 heterocycles. The van der Waals surface area contributed by atoms with Crippen LogP contribution in [0, 0.1) is 5.92 Å². The molecule has 8 heteroatoms. The zero-order chi connectivity index (χ0) is 19.3. The van der Waals surface area contributed by atoms with Gasteiger partial charge >= 0.3 is 7.25 Å². The van der Waals surface area contributed by atoms with Crippen molar-refractivity contribution >= 4 is 23.9 Å². The van der Waals surface area contributed by atoms with Crippen LogP contribution in [0.15, 0.2) is 59.5 Å². The van der Waals surface area contributed by atoms with E-state index < -0.39 is 7.25 Å². The zero-order valence-corrected chi connectivity index (χ0v) is 15.2. The third kappa shape index (κ3) is 5.35. The molecular weight excluding hydrogens is 367 g/mol. The first kappa shape index (κ1) is 20.5. The van der Waals surface area contributed by atoms with Crippen LogP contribution in [0.2, 0.25) is 0 Å². The molecular formula is C18H19BF4O2S. The second-order valence-electron chi connectivity index (χ2n) is 5.83. The van der Waals surface area contributed by atoms with Crippen LogP contribution in [0.3, 0.4) is 0 Å². The second kappa shape index (κ2) is 8.73. The van der Waals surface area contributed by atoms with Crippen LogP contribution in [0.4, 0.5) is 17.3 Å². The Labute approximate surface area is 153 Å². The molecule has 0 bridgehead atoms. The van der Waals surface area contributed by atoms with Crippen molar-refractivity contribution in [2.24, 2.45) is 5.92 Å². The summed E-state index contributed by atoms with van der Waals surface area (Å²) in [5.41, 5.74) is 1.95. The molecule has 1 aliphatic heterocycles. The van der Waals surface area contributed by atoms with Gasteiger partial charge in [-0.05, 0) is 17.7 Å². The molecule has 3 rings (SSSR count). The molecule has 1 unspecified atom stereocenters. The molecule has 0 spiro atoms. The largest absolute Gasteiger partial charge is 0.673 e. The molecule has 2 aromatic carbocycles. The van der Waals surface area contributed by atoms with Gasteiger partial charge in [-0.15, -0.1) is 0 Å². The maximum atomic E-state index is 12.9. The first-order chi connectivity index (χ1) is 12.2. The predicted octanol–water partition coefficient (Wildman–Crippen LogP) is 4.79. The highest BCUT2D eigenvalue weighted by Crippen LogP contribution is 2.36. The summed E-state index contributed by atoms with van der Waals surface area (Å²) >= 11 is 0. The number of methoxy groups -OCH3 is 1. The maximum absolute atomic E-state index is 12.9. The minimum Gasteiger partial charge on any atom is -0.418 e. The van der Waals surface area contributed by atoms with E-state index in [1.54, 1.807) is 7.11 Å². The summed E-state index contributed by atoms with van der Waals surface area (Å²) in [5, 5.41) is 0. The minimum atomic E-state index is -6.00. The number of benzene rings is 2. The van der Waals surface area contributed by atoms with Crippen LogP contribution >= 0.6 is 0 Å². The molecule has 2 aromatic rings. The average Bonchev–Trinajstić information content (AvgIpc) is 2.59. The summed E-state index contributed by atoms with van der Waals surface area (Å²) < 4.78 is 44.7. The lowest BCUT2D eigenvalue weighted by Crippen LogP contribution is -2.35. The fourth-order valence-corrected chi connectivity index (χ4v) is 4.91. The van der Waals surface area contributed by atoms with Gasteiger partial charge in [0.25, 0.3) is 0 Å². The van der Waals surface area contributed by atoms with Crippen molar-refractivity contribution in [1.29, 1.82) is 0 Å². The van der Waals surface area contributed by atoms with Gasteiger partial charge in [-0.3, -0.25) is 4.79 Å². The van der Waals surface area contributed by atoms with E-state index in [0.717, 1.165) is 16.9 Å². The van der Waals surface area contributed by atoms with Crippen molar-refractivity contribution in [3.8, 4) is 0 Å². The molecule has 1 aliphatic rings. The van der Waals surface area contributed by atoms with Crippen molar-refractivity contribution in [3.63, 3.8) is 0 Å². The van der Waals surface area contributed by atoms with Gasteiger partial charge < -0.3 is 22.0 Å². The van der Waals surface area contributed by atoms with Crippen LogP contribution in [0.25, 0.3) is 0 Å². The molecule has 0 aliphatic carbocycles. The van der Waals surface area contributed by atoms with Gasteiger partial charge in [-0.1, -0.05) is 42.5 Å². The van der Waals surface area contributed by atoms with E-state index in [1.807, 2.05) is 48.5 Å². The van der Waals surface area contributed by atoms with Gasteiger partial charge in [-0.2, -0.15) is 0 Å². The Morgan fingerprint density at radius 1 is 1.04 bits per heavy atom. The molecule has 0 saturated carbocycles. The molecule has 2 nitrogen and oxygen atoms in total. The number of hydrogen-bond donors (Lipinski definition) is 0.